The fourth-order valence-corrected chi connectivity index (χ4v) is 2.71. The Labute approximate surface area is 134 Å². The number of para-hydroxylation sites is 1. The van der Waals surface area contributed by atoms with Crippen LogP contribution in [0.25, 0.3) is 11.4 Å². The molecule has 2 N–H and O–H groups in total. The number of ether oxygens (including phenoxy) is 2. The second-order valence-electron chi connectivity index (χ2n) is 5.02. The number of aromatic nitrogens is 2. The third-order valence-corrected chi connectivity index (χ3v) is 4.18. The van der Waals surface area contributed by atoms with Gasteiger partial charge < -0.3 is 19.7 Å². The van der Waals surface area contributed by atoms with Crippen LogP contribution in [-0.4, -0.2) is 44.8 Å². The minimum atomic E-state index is -3.10. The van der Waals surface area contributed by atoms with Crippen molar-refractivity contribution in [2.75, 3.05) is 26.2 Å². The molecular weight excluding hydrogens is 322 g/mol. The largest absolute Gasteiger partial charge is 0.493 e. The Kier molecular flexibility index (Phi) is 5.22. The van der Waals surface area contributed by atoms with Gasteiger partial charge in [0.05, 0.1) is 31.6 Å². The molecule has 2 aromatic rings. The summed E-state index contributed by atoms with van der Waals surface area (Å²) in [6.45, 7) is 0. The highest BCUT2D eigenvalue weighted by molar-refractivity contribution is 7.90. The molecule has 0 aliphatic carbocycles. The first kappa shape index (κ1) is 17.2. The number of rotatable bonds is 7. The zero-order valence-corrected chi connectivity index (χ0v) is 14.0. The van der Waals surface area contributed by atoms with Crippen LogP contribution in [0, 0.1) is 0 Å². The maximum atomic E-state index is 11.2. The molecule has 1 aromatic heterocycles. The maximum absolute atomic E-state index is 11.2. The number of nitrogens with zero attached hydrogens (tertiary/aromatic N) is 2. The smallest absolute Gasteiger partial charge is 0.243 e. The summed E-state index contributed by atoms with van der Waals surface area (Å²) < 4.78 is 38.1. The van der Waals surface area contributed by atoms with Crippen molar-refractivity contribution in [1.82, 2.24) is 10.1 Å². The summed E-state index contributed by atoms with van der Waals surface area (Å²) in [6.07, 6.45) is 1.36. The van der Waals surface area contributed by atoms with Crippen molar-refractivity contribution in [1.29, 1.82) is 0 Å². The molecule has 9 heteroatoms. The van der Waals surface area contributed by atoms with Crippen LogP contribution in [0.5, 0.6) is 11.5 Å². The molecule has 1 aromatic carbocycles. The Balaban J connectivity index is 2.26. The van der Waals surface area contributed by atoms with Gasteiger partial charge in [0.25, 0.3) is 0 Å². The minimum absolute atomic E-state index is 0.0473. The normalized spacial score (nSPS) is 12.9. The average Bonchev–Trinajstić information content (AvgIpc) is 3.00. The first-order valence-electron chi connectivity index (χ1n) is 6.84. The molecule has 0 radical (unpaired) electrons. The van der Waals surface area contributed by atoms with Crippen LogP contribution >= 0.6 is 0 Å². The fraction of sp³-hybridized carbons (Fsp3) is 0.429. The zero-order chi connectivity index (χ0) is 17.0. The van der Waals surface area contributed by atoms with Crippen LogP contribution in [-0.2, 0) is 9.84 Å². The number of methoxy groups -OCH3 is 2. The van der Waals surface area contributed by atoms with Crippen LogP contribution in [0.4, 0.5) is 0 Å². The van der Waals surface area contributed by atoms with Crippen LogP contribution in [0.1, 0.15) is 18.4 Å². The topological polar surface area (TPSA) is 118 Å². The highest BCUT2D eigenvalue weighted by Crippen LogP contribution is 2.36. The van der Waals surface area contributed by atoms with E-state index in [0.29, 0.717) is 22.9 Å². The average molecular weight is 341 g/mol. The van der Waals surface area contributed by atoms with E-state index in [0.717, 1.165) is 6.26 Å². The summed E-state index contributed by atoms with van der Waals surface area (Å²) in [4.78, 5) is 4.23. The molecule has 0 fully saturated rings. The monoisotopic (exact) mass is 341 g/mol. The quantitative estimate of drug-likeness (QED) is 0.798. The summed E-state index contributed by atoms with van der Waals surface area (Å²) in [6, 6.07) is 4.64. The van der Waals surface area contributed by atoms with E-state index in [-0.39, 0.29) is 18.1 Å². The Bertz CT molecular complexity index is 772. The van der Waals surface area contributed by atoms with Crippen molar-refractivity contribution in [3.05, 3.63) is 24.1 Å². The second-order valence-corrected chi connectivity index (χ2v) is 7.28. The Morgan fingerprint density at radius 1 is 1.30 bits per heavy atom. The lowest BCUT2D eigenvalue weighted by atomic mass is 10.1. The third-order valence-electron chi connectivity index (χ3n) is 3.20. The van der Waals surface area contributed by atoms with Gasteiger partial charge in [-0.05, 0) is 18.6 Å². The van der Waals surface area contributed by atoms with E-state index in [2.05, 4.69) is 10.1 Å². The lowest BCUT2D eigenvalue weighted by Gasteiger charge is -2.09. The van der Waals surface area contributed by atoms with E-state index in [1.54, 1.807) is 18.2 Å². The molecule has 1 atom stereocenters. The molecule has 0 spiro atoms. The van der Waals surface area contributed by atoms with Crippen molar-refractivity contribution in [3.63, 3.8) is 0 Å². The number of hydrogen-bond donors (Lipinski definition) is 1. The Morgan fingerprint density at radius 2 is 2.04 bits per heavy atom. The third kappa shape index (κ3) is 4.20. The molecule has 0 aliphatic rings. The van der Waals surface area contributed by atoms with Crippen molar-refractivity contribution in [3.8, 4) is 22.9 Å². The molecule has 0 saturated heterocycles. The summed E-state index contributed by atoms with van der Waals surface area (Å²) in [5.41, 5.74) is 6.50. The van der Waals surface area contributed by atoms with E-state index in [4.69, 9.17) is 19.7 Å². The first-order valence-corrected chi connectivity index (χ1v) is 8.90. The van der Waals surface area contributed by atoms with Gasteiger partial charge in [-0.3, -0.25) is 0 Å². The molecule has 0 bridgehead atoms. The minimum Gasteiger partial charge on any atom is -0.493 e. The van der Waals surface area contributed by atoms with E-state index in [1.165, 1.54) is 14.2 Å². The number of benzene rings is 1. The van der Waals surface area contributed by atoms with Gasteiger partial charge in [-0.15, -0.1) is 0 Å². The van der Waals surface area contributed by atoms with Gasteiger partial charge in [0.15, 0.2) is 11.5 Å². The molecule has 8 nitrogen and oxygen atoms in total. The highest BCUT2D eigenvalue weighted by Gasteiger charge is 2.20. The van der Waals surface area contributed by atoms with E-state index >= 15 is 0 Å². The molecule has 0 aliphatic heterocycles. The van der Waals surface area contributed by atoms with Gasteiger partial charge in [-0.25, -0.2) is 8.42 Å². The van der Waals surface area contributed by atoms with Gasteiger partial charge in [0.1, 0.15) is 9.84 Å². The van der Waals surface area contributed by atoms with E-state index in [1.807, 2.05) is 0 Å². The lowest BCUT2D eigenvalue weighted by molar-refractivity contribution is 0.350. The van der Waals surface area contributed by atoms with Gasteiger partial charge >= 0.3 is 0 Å². The van der Waals surface area contributed by atoms with Crippen molar-refractivity contribution in [2.24, 2.45) is 5.73 Å². The second kappa shape index (κ2) is 6.97. The van der Waals surface area contributed by atoms with Gasteiger partial charge in [0.2, 0.25) is 11.7 Å². The molecule has 2 rings (SSSR count). The molecule has 0 unspecified atom stereocenters. The number of nitrogens with two attached hydrogens (primary N) is 1. The summed E-state index contributed by atoms with van der Waals surface area (Å²) in [7, 11) is -0.0524. The van der Waals surface area contributed by atoms with Gasteiger partial charge in [-0.2, -0.15) is 4.98 Å². The predicted octanol–water partition coefficient (Wildman–Crippen LogP) is 1.19. The molecule has 0 saturated carbocycles. The standard InChI is InChI=1S/C14H19N3O5S/c1-20-11-6-4-5-9(12(11)21-2)13-16-14(22-17-13)10(15)7-8-23(3,18)19/h4-6,10H,7-8,15H2,1-3H3/t10-/m0/s1. The van der Waals surface area contributed by atoms with Crippen LogP contribution in [0.15, 0.2) is 22.7 Å². The Hall–Kier alpha value is -2.13. The number of hydrogen-bond acceptors (Lipinski definition) is 8. The molecular formula is C14H19N3O5S. The van der Waals surface area contributed by atoms with Crippen molar-refractivity contribution >= 4 is 9.84 Å². The summed E-state index contributed by atoms with van der Waals surface area (Å²) in [5, 5.41) is 3.88. The maximum Gasteiger partial charge on any atom is 0.243 e. The van der Waals surface area contributed by atoms with Crippen LogP contribution in [0.3, 0.4) is 0 Å². The van der Waals surface area contributed by atoms with Gasteiger partial charge in [0, 0.05) is 6.26 Å². The molecule has 0 amide bonds. The number of sulfone groups is 1. The van der Waals surface area contributed by atoms with Crippen molar-refractivity contribution in [2.45, 2.75) is 12.5 Å². The predicted molar refractivity (Wildman–Crippen MR) is 84.1 cm³/mol. The van der Waals surface area contributed by atoms with E-state index < -0.39 is 15.9 Å². The van der Waals surface area contributed by atoms with Gasteiger partial charge in [-0.1, -0.05) is 11.2 Å². The fourth-order valence-electron chi connectivity index (χ4n) is 2.02. The van der Waals surface area contributed by atoms with Crippen LogP contribution < -0.4 is 15.2 Å². The molecule has 23 heavy (non-hydrogen) atoms. The van der Waals surface area contributed by atoms with Crippen LogP contribution in [0.2, 0.25) is 0 Å². The van der Waals surface area contributed by atoms with E-state index in [9.17, 15) is 8.42 Å². The summed E-state index contributed by atoms with van der Waals surface area (Å²) >= 11 is 0. The van der Waals surface area contributed by atoms with Crippen molar-refractivity contribution < 1.29 is 22.4 Å². The SMILES string of the molecule is COc1cccc(-c2noc([C@@H](N)CCS(C)(=O)=O)n2)c1OC. The lowest BCUT2D eigenvalue weighted by Crippen LogP contribution is -2.16. The summed E-state index contributed by atoms with van der Waals surface area (Å²) in [5.74, 6) is 1.44. The molecule has 1 heterocycles. The molecule has 126 valence electrons. The highest BCUT2D eigenvalue weighted by atomic mass is 32.2. The zero-order valence-electron chi connectivity index (χ0n) is 13.1. The first-order chi connectivity index (χ1) is 10.9. The Morgan fingerprint density at radius 3 is 2.65 bits per heavy atom.